The summed E-state index contributed by atoms with van der Waals surface area (Å²) in [4.78, 5) is 0. The van der Waals surface area contributed by atoms with Crippen LogP contribution in [0.3, 0.4) is 0 Å². The van der Waals surface area contributed by atoms with E-state index in [0.29, 0.717) is 12.1 Å². The number of hydrogen-bond donors (Lipinski definition) is 1. The third-order valence-corrected chi connectivity index (χ3v) is 2.72. The zero-order valence-corrected chi connectivity index (χ0v) is 11.5. The molecule has 0 unspecified atom stereocenters. The minimum atomic E-state index is -2.79. The quantitative estimate of drug-likeness (QED) is 0.806. The Hall–Kier alpha value is -0.680. The molecule has 1 aromatic carbocycles. The van der Waals surface area contributed by atoms with Gasteiger partial charge in [0.1, 0.15) is 5.75 Å². The van der Waals surface area contributed by atoms with Gasteiger partial charge in [0, 0.05) is 16.6 Å². The highest BCUT2D eigenvalue weighted by Crippen LogP contribution is 2.29. The highest BCUT2D eigenvalue weighted by Gasteiger charge is 2.13. The van der Waals surface area contributed by atoms with E-state index in [2.05, 4.69) is 32.9 Å². The Kier molecular flexibility index (Phi) is 5.85. The summed E-state index contributed by atoms with van der Waals surface area (Å²) < 4.78 is 30.1. The molecule has 0 saturated carbocycles. The maximum Gasteiger partial charge on any atom is 0.387 e. The maximum atomic E-state index is 12.3. The average Bonchev–Trinajstić information content (AvgIpc) is 2.23. The van der Waals surface area contributed by atoms with Crippen LogP contribution < -0.4 is 10.1 Å². The summed E-state index contributed by atoms with van der Waals surface area (Å²) >= 11 is 3.35. The molecule has 0 spiro atoms. The van der Waals surface area contributed by atoms with Gasteiger partial charge < -0.3 is 10.1 Å². The van der Waals surface area contributed by atoms with E-state index < -0.39 is 6.61 Å². The minimum Gasteiger partial charge on any atom is -0.434 e. The van der Waals surface area contributed by atoms with E-state index in [1.54, 1.807) is 19.1 Å². The molecule has 1 N–H and O–H groups in total. The van der Waals surface area contributed by atoms with Gasteiger partial charge in [0.25, 0.3) is 0 Å². The van der Waals surface area contributed by atoms with Crippen LogP contribution in [0.4, 0.5) is 8.78 Å². The molecule has 17 heavy (non-hydrogen) atoms. The number of halogens is 3. The van der Waals surface area contributed by atoms with Gasteiger partial charge in [0.2, 0.25) is 0 Å². The van der Waals surface area contributed by atoms with Crippen molar-refractivity contribution in [3.05, 3.63) is 27.7 Å². The van der Waals surface area contributed by atoms with Crippen molar-refractivity contribution >= 4 is 15.9 Å². The Morgan fingerprint density at radius 3 is 2.71 bits per heavy atom. The van der Waals surface area contributed by atoms with Gasteiger partial charge >= 0.3 is 6.61 Å². The third-order valence-electron chi connectivity index (χ3n) is 2.27. The van der Waals surface area contributed by atoms with Crippen LogP contribution in [0.1, 0.15) is 24.5 Å². The predicted octanol–water partition coefficient (Wildman–Crippen LogP) is 3.86. The Morgan fingerprint density at radius 2 is 2.12 bits per heavy atom. The summed E-state index contributed by atoms with van der Waals surface area (Å²) in [7, 11) is 0. The summed E-state index contributed by atoms with van der Waals surface area (Å²) in [6.07, 6.45) is 0.998. The van der Waals surface area contributed by atoms with Gasteiger partial charge in [-0.3, -0.25) is 0 Å². The van der Waals surface area contributed by atoms with Crippen molar-refractivity contribution in [2.75, 3.05) is 6.54 Å². The lowest BCUT2D eigenvalue weighted by atomic mass is 10.1. The highest BCUT2D eigenvalue weighted by atomic mass is 79.9. The normalized spacial score (nSPS) is 10.9. The number of alkyl halides is 2. The molecule has 0 aliphatic carbocycles. The molecule has 0 atom stereocenters. The molecule has 0 fully saturated rings. The first-order valence-corrected chi connectivity index (χ1v) is 6.28. The minimum absolute atomic E-state index is 0.270. The first kappa shape index (κ1) is 14.4. The lowest BCUT2D eigenvalue weighted by Gasteiger charge is -2.14. The topological polar surface area (TPSA) is 21.3 Å². The van der Waals surface area contributed by atoms with Crippen LogP contribution in [0.25, 0.3) is 0 Å². The Morgan fingerprint density at radius 1 is 1.41 bits per heavy atom. The first-order chi connectivity index (χ1) is 8.04. The molecule has 0 bridgehead atoms. The number of aryl methyl sites for hydroxylation is 1. The van der Waals surface area contributed by atoms with E-state index in [4.69, 9.17) is 0 Å². The molecular weight excluding hydrogens is 292 g/mol. The van der Waals surface area contributed by atoms with Crippen molar-refractivity contribution < 1.29 is 13.5 Å². The highest BCUT2D eigenvalue weighted by molar-refractivity contribution is 9.10. The summed E-state index contributed by atoms with van der Waals surface area (Å²) in [6, 6.07) is 3.56. The van der Waals surface area contributed by atoms with Crippen LogP contribution in [0.2, 0.25) is 0 Å². The molecule has 96 valence electrons. The predicted molar refractivity (Wildman–Crippen MR) is 67.5 cm³/mol. The van der Waals surface area contributed by atoms with Gasteiger partial charge in [-0.2, -0.15) is 8.78 Å². The molecule has 0 aliphatic heterocycles. The smallest absolute Gasteiger partial charge is 0.387 e. The molecule has 0 aliphatic rings. The monoisotopic (exact) mass is 307 g/mol. The van der Waals surface area contributed by atoms with E-state index in [0.717, 1.165) is 23.0 Å². The lowest BCUT2D eigenvalue weighted by molar-refractivity contribution is -0.0509. The second-order valence-electron chi connectivity index (χ2n) is 3.77. The zero-order chi connectivity index (χ0) is 12.8. The molecule has 5 heteroatoms. The third kappa shape index (κ3) is 4.60. The summed E-state index contributed by atoms with van der Waals surface area (Å²) in [5, 5.41) is 3.17. The summed E-state index contributed by atoms with van der Waals surface area (Å²) in [5.41, 5.74) is 1.44. The van der Waals surface area contributed by atoms with Crippen LogP contribution >= 0.6 is 15.9 Å². The average molecular weight is 308 g/mol. The fourth-order valence-electron chi connectivity index (χ4n) is 1.59. The van der Waals surface area contributed by atoms with Crippen LogP contribution in [0, 0.1) is 6.92 Å². The number of hydrogen-bond acceptors (Lipinski definition) is 2. The second kappa shape index (κ2) is 6.91. The molecule has 0 radical (unpaired) electrons. The molecule has 1 rings (SSSR count). The van der Waals surface area contributed by atoms with E-state index in [-0.39, 0.29) is 5.75 Å². The Labute approximate surface area is 108 Å². The van der Waals surface area contributed by atoms with Crippen molar-refractivity contribution in [3.8, 4) is 5.75 Å². The lowest BCUT2D eigenvalue weighted by Crippen LogP contribution is -2.16. The van der Waals surface area contributed by atoms with E-state index >= 15 is 0 Å². The van der Waals surface area contributed by atoms with Gasteiger partial charge in [0.05, 0.1) is 0 Å². The van der Waals surface area contributed by atoms with Gasteiger partial charge in [-0.1, -0.05) is 22.9 Å². The largest absolute Gasteiger partial charge is 0.434 e. The van der Waals surface area contributed by atoms with Crippen molar-refractivity contribution in [1.29, 1.82) is 0 Å². The van der Waals surface area contributed by atoms with Crippen molar-refractivity contribution in [2.45, 2.75) is 33.4 Å². The molecule has 1 aromatic rings. The standard InChI is InChI=1S/C12H16BrF2NO/c1-3-4-16-7-9-6-10(13)5-8(2)11(9)17-12(14)15/h5-6,12,16H,3-4,7H2,1-2H3. The van der Waals surface area contributed by atoms with E-state index in [1.165, 1.54) is 0 Å². The van der Waals surface area contributed by atoms with Crippen molar-refractivity contribution in [2.24, 2.45) is 0 Å². The fourth-order valence-corrected chi connectivity index (χ4v) is 2.21. The van der Waals surface area contributed by atoms with Crippen LogP contribution in [-0.4, -0.2) is 13.2 Å². The Bertz CT molecular complexity index is 372. The number of ether oxygens (including phenoxy) is 1. The van der Waals surface area contributed by atoms with Crippen LogP contribution in [0.5, 0.6) is 5.75 Å². The molecule has 0 saturated heterocycles. The summed E-state index contributed by atoms with van der Waals surface area (Å²) in [6.45, 7) is 2.39. The second-order valence-corrected chi connectivity index (χ2v) is 4.68. The zero-order valence-electron chi connectivity index (χ0n) is 9.90. The molecular formula is C12H16BrF2NO. The van der Waals surface area contributed by atoms with Crippen LogP contribution in [0.15, 0.2) is 16.6 Å². The van der Waals surface area contributed by atoms with Gasteiger partial charge in [-0.15, -0.1) is 0 Å². The molecule has 0 aromatic heterocycles. The number of nitrogens with one attached hydrogen (secondary N) is 1. The molecule has 2 nitrogen and oxygen atoms in total. The van der Waals surface area contributed by atoms with Gasteiger partial charge in [0.15, 0.2) is 0 Å². The summed E-state index contributed by atoms with van der Waals surface area (Å²) in [5.74, 6) is 0.270. The van der Waals surface area contributed by atoms with E-state index in [1.807, 2.05) is 0 Å². The Balaban J connectivity index is 2.90. The first-order valence-electron chi connectivity index (χ1n) is 5.49. The van der Waals surface area contributed by atoms with Crippen molar-refractivity contribution in [3.63, 3.8) is 0 Å². The molecule has 0 heterocycles. The number of benzene rings is 1. The van der Waals surface area contributed by atoms with Gasteiger partial charge in [-0.05, 0) is 37.6 Å². The fraction of sp³-hybridized carbons (Fsp3) is 0.500. The maximum absolute atomic E-state index is 12.3. The SMILES string of the molecule is CCCNCc1cc(Br)cc(C)c1OC(F)F. The van der Waals surface area contributed by atoms with Crippen LogP contribution in [-0.2, 0) is 6.54 Å². The van der Waals surface area contributed by atoms with E-state index in [9.17, 15) is 8.78 Å². The molecule has 0 amide bonds. The number of rotatable bonds is 6. The van der Waals surface area contributed by atoms with Gasteiger partial charge in [-0.25, -0.2) is 0 Å². The van der Waals surface area contributed by atoms with Crippen molar-refractivity contribution in [1.82, 2.24) is 5.32 Å².